The maximum atomic E-state index is 11.8. The average molecular weight is 352 g/mol. The number of amides is 2. The number of rotatable bonds is 7. The lowest BCUT2D eigenvalue weighted by molar-refractivity contribution is -0.155. The van der Waals surface area contributed by atoms with Crippen LogP contribution in [0.5, 0.6) is 0 Å². The fourth-order valence-electron chi connectivity index (χ4n) is 2.51. The van der Waals surface area contributed by atoms with Crippen molar-refractivity contribution in [3.63, 3.8) is 0 Å². The summed E-state index contributed by atoms with van der Waals surface area (Å²) in [4.78, 5) is 22.6. The first kappa shape index (κ1) is 18.6. The maximum absolute atomic E-state index is 11.8. The molecule has 1 aromatic carbocycles. The molecule has 0 bridgehead atoms. The van der Waals surface area contributed by atoms with Crippen LogP contribution in [0.1, 0.15) is 38.2 Å². The lowest BCUT2D eigenvalue weighted by Gasteiger charge is -2.18. The van der Waals surface area contributed by atoms with E-state index in [2.05, 4.69) is 10.6 Å². The van der Waals surface area contributed by atoms with E-state index in [1.807, 2.05) is 30.0 Å². The number of hydrogen-bond donors (Lipinski definition) is 4. The largest absolute Gasteiger partial charge is 0.479 e. The van der Waals surface area contributed by atoms with E-state index in [-0.39, 0.29) is 6.54 Å². The minimum Gasteiger partial charge on any atom is -0.479 e. The summed E-state index contributed by atoms with van der Waals surface area (Å²) in [6.07, 6.45) is 5.21. The van der Waals surface area contributed by atoms with E-state index in [1.54, 1.807) is 6.07 Å². The number of hydrogen-bond acceptors (Lipinski definition) is 4. The molecule has 2 amide bonds. The zero-order chi connectivity index (χ0) is 17.6. The first-order chi connectivity index (χ1) is 11.4. The highest BCUT2D eigenvalue weighted by Gasteiger charge is 2.30. The van der Waals surface area contributed by atoms with E-state index in [0.717, 1.165) is 23.5 Å². The minimum absolute atomic E-state index is 0.370. The molecule has 1 aliphatic rings. The van der Waals surface area contributed by atoms with Crippen LogP contribution in [-0.4, -0.2) is 39.6 Å². The van der Waals surface area contributed by atoms with Gasteiger partial charge in [0.1, 0.15) is 0 Å². The van der Waals surface area contributed by atoms with Crippen molar-refractivity contribution in [2.75, 3.05) is 11.9 Å². The lowest BCUT2D eigenvalue weighted by atomic mass is 10.1. The van der Waals surface area contributed by atoms with E-state index in [9.17, 15) is 14.7 Å². The predicted octanol–water partition coefficient (Wildman–Crippen LogP) is 2.82. The van der Waals surface area contributed by atoms with Gasteiger partial charge < -0.3 is 20.8 Å². The van der Waals surface area contributed by atoms with Crippen LogP contribution in [-0.2, 0) is 10.5 Å². The number of carboxylic acid groups (broad SMARTS) is 1. The highest BCUT2D eigenvalue weighted by Crippen LogP contribution is 2.31. The van der Waals surface area contributed by atoms with Crippen molar-refractivity contribution >= 4 is 29.4 Å². The molecular weight excluding hydrogens is 328 g/mol. The van der Waals surface area contributed by atoms with Gasteiger partial charge >= 0.3 is 12.0 Å². The van der Waals surface area contributed by atoms with E-state index in [1.165, 1.54) is 25.7 Å². The lowest BCUT2D eigenvalue weighted by Crippen LogP contribution is -2.47. The number of aliphatic hydroxyl groups is 1. The average Bonchev–Trinajstić information content (AvgIpc) is 3.05. The van der Waals surface area contributed by atoms with Crippen molar-refractivity contribution in [3.8, 4) is 0 Å². The Kier molecular flexibility index (Phi) is 6.51. The van der Waals surface area contributed by atoms with Crippen molar-refractivity contribution < 1.29 is 19.8 Å². The Morgan fingerprint density at radius 2 is 2.04 bits per heavy atom. The summed E-state index contributed by atoms with van der Waals surface area (Å²) in [5, 5.41) is 24.1. The van der Waals surface area contributed by atoms with Crippen LogP contribution < -0.4 is 10.6 Å². The monoisotopic (exact) mass is 352 g/mol. The van der Waals surface area contributed by atoms with E-state index in [0.29, 0.717) is 5.69 Å². The topological polar surface area (TPSA) is 98.7 Å². The van der Waals surface area contributed by atoms with Gasteiger partial charge in [-0.15, -0.1) is 0 Å². The Morgan fingerprint density at radius 1 is 1.33 bits per heavy atom. The summed E-state index contributed by atoms with van der Waals surface area (Å²) in [5.41, 5.74) is -0.203. The molecular formula is C17H24N2O4S. The standard InChI is InChI=1S/C17H24N2O4S/c1-17(23,15(20)21)11-18-16(22)19-13-6-4-5-12(9-13)10-24-14-7-2-3-8-14/h4-6,9,14,23H,2-3,7-8,10-11H2,1H3,(H,20,21)(H2,18,19,22). The highest BCUT2D eigenvalue weighted by atomic mass is 32.2. The van der Waals surface area contributed by atoms with Crippen LogP contribution >= 0.6 is 11.8 Å². The fraction of sp³-hybridized carbons (Fsp3) is 0.529. The van der Waals surface area contributed by atoms with Crippen LogP contribution in [0.2, 0.25) is 0 Å². The number of aliphatic carboxylic acids is 1. The zero-order valence-corrected chi connectivity index (χ0v) is 14.6. The van der Waals surface area contributed by atoms with E-state index < -0.39 is 17.6 Å². The molecule has 24 heavy (non-hydrogen) atoms. The molecule has 0 aromatic heterocycles. The van der Waals surface area contributed by atoms with Crippen molar-refractivity contribution in [1.29, 1.82) is 0 Å². The summed E-state index contributed by atoms with van der Waals surface area (Å²) >= 11 is 1.95. The van der Waals surface area contributed by atoms with Crippen molar-refractivity contribution in [2.24, 2.45) is 0 Å². The molecule has 7 heteroatoms. The molecule has 1 aliphatic carbocycles. The molecule has 0 saturated heterocycles. The molecule has 0 heterocycles. The third-order valence-corrected chi connectivity index (χ3v) is 5.47. The summed E-state index contributed by atoms with van der Waals surface area (Å²) in [6.45, 7) is 0.766. The number of carbonyl (C=O) groups excluding carboxylic acids is 1. The molecule has 4 N–H and O–H groups in total. The smallest absolute Gasteiger partial charge is 0.337 e. The Bertz CT molecular complexity index is 586. The van der Waals surface area contributed by atoms with Gasteiger partial charge in [0.05, 0.1) is 6.54 Å². The molecule has 132 valence electrons. The molecule has 0 aliphatic heterocycles. The van der Waals surface area contributed by atoms with Crippen LogP contribution in [0, 0.1) is 0 Å². The quantitative estimate of drug-likeness (QED) is 0.605. The van der Waals surface area contributed by atoms with Crippen LogP contribution in [0.25, 0.3) is 0 Å². The molecule has 6 nitrogen and oxygen atoms in total. The molecule has 1 aromatic rings. The number of benzene rings is 1. The Balaban J connectivity index is 1.82. The van der Waals surface area contributed by atoms with Gasteiger partial charge in [0.15, 0.2) is 5.60 Å². The number of carboxylic acids is 1. The molecule has 1 atom stereocenters. The summed E-state index contributed by atoms with van der Waals surface area (Å²) in [6, 6.07) is 7.06. The number of nitrogens with one attached hydrogen (secondary N) is 2. The Labute approximate surface area is 146 Å². The van der Waals surface area contributed by atoms with Crippen LogP contribution in [0.4, 0.5) is 10.5 Å². The summed E-state index contributed by atoms with van der Waals surface area (Å²) < 4.78 is 0. The number of thioether (sulfide) groups is 1. The first-order valence-electron chi connectivity index (χ1n) is 8.08. The molecule has 1 fully saturated rings. The van der Waals surface area contributed by atoms with Crippen molar-refractivity contribution in [3.05, 3.63) is 29.8 Å². The van der Waals surface area contributed by atoms with Crippen LogP contribution in [0.15, 0.2) is 24.3 Å². The van der Waals surface area contributed by atoms with Crippen LogP contribution in [0.3, 0.4) is 0 Å². The molecule has 0 spiro atoms. The van der Waals surface area contributed by atoms with Gasteiger partial charge in [0, 0.05) is 16.7 Å². The van der Waals surface area contributed by atoms with E-state index >= 15 is 0 Å². The van der Waals surface area contributed by atoms with Gasteiger partial charge in [-0.25, -0.2) is 9.59 Å². The second kappa shape index (κ2) is 8.39. The molecule has 0 radical (unpaired) electrons. The molecule has 1 unspecified atom stereocenters. The van der Waals surface area contributed by atoms with Crippen molar-refractivity contribution in [2.45, 2.75) is 49.2 Å². The third-order valence-electron chi connectivity index (χ3n) is 4.03. The maximum Gasteiger partial charge on any atom is 0.337 e. The number of anilines is 1. The SMILES string of the molecule is CC(O)(CNC(=O)Nc1cccc(CSC2CCCC2)c1)C(=O)O. The first-order valence-corrected chi connectivity index (χ1v) is 9.13. The number of urea groups is 1. The normalized spacial score (nSPS) is 17.2. The Morgan fingerprint density at radius 3 is 2.71 bits per heavy atom. The Hall–Kier alpha value is -1.73. The van der Waals surface area contributed by atoms with Gasteiger partial charge in [-0.3, -0.25) is 0 Å². The highest BCUT2D eigenvalue weighted by molar-refractivity contribution is 7.99. The fourth-order valence-corrected chi connectivity index (χ4v) is 3.79. The second-order valence-corrected chi connectivity index (χ2v) is 7.59. The minimum atomic E-state index is -1.99. The molecule has 2 rings (SSSR count). The summed E-state index contributed by atoms with van der Waals surface area (Å²) in [7, 11) is 0. The van der Waals surface area contributed by atoms with Gasteiger partial charge in [-0.05, 0) is 37.5 Å². The van der Waals surface area contributed by atoms with Gasteiger partial charge in [-0.1, -0.05) is 25.0 Å². The zero-order valence-electron chi connectivity index (χ0n) is 13.7. The van der Waals surface area contributed by atoms with E-state index in [4.69, 9.17) is 5.11 Å². The summed E-state index contributed by atoms with van der Waals surface area (Å²) in [5.74, 6) is -0.469. The van der Waals surface area contributed by atoms with Gasteiger partial charge in [0.25, 0.3) is 0 Å². The number of carbonyl (C=O) groups is 2. The predicted molar refractivity (Wildman–Crippen MR) is 95.3 cm³/mol. The second-order valence-electron chi connectivity index (χ2n) is 6.30. The molecule has 1 saturated carbocycles. The third kappa shape index (κ3) is 5.72. The van der Waals surface area contributed by atoms with Crippen molar-refractivity contribution in [1.82, 2.24) is 5.32 Å². The van der Waals surface area contributed by atoms with Gasteiger partial charge in [-0.2, -0.15) is 11.8 Å². The van der Waals surface area contributed by atoms with Gasteiger partial charge in [0.2, 0.25) is 0 Å².